The summed E-state index contributed by atoms with van der Waals surface area (Å²) in [7, 11) is 0. The van der Waals surface area contributed by atoms with Gasteiger partial charge in [-0.3, -0.25) is 0 Å². The van der Waals surface area contributed by atoms with Crippen LogP contribution in [0.25, 0.3) is 0 Å². The van der Waals surface area contributed by atoms with E-state index in [0.29, 0.717) is 13.2 Å². The van der Waals surface area contributed by atoms with Crippen molar-refractivity contribution in [3.05, 3.63) is 34.9 Å². The molecular formula is C39H66O6. The van der Waals surface area contributed by atoms with Gasteiger partial charge in [0.25, 0.3) is 0 Å². The fraction of sp³-hybridized carbons (Fsp3) is 0.769. The Morgan fingerprint density at radius 3 is 1.09 bits per heavy atom. The first kappa shape index (κ1) is 40.7. The van der Waals surface area contributed by atoms with E-state index in [1.807, 2.05) is 0 Å². The molecule has 1 rings (SSSR count). The third kappa shape index (κ3) is 21.1. The highest BCUT2D eigenvalue weighted by Crippen LogP contribution is 2.18. The molecule has 45 heavy (non-hydrogen) atoms. The van der Waals surface area contributed by atoms with E-state index in [0.717, 1.165) is 57.8 Å². The number of rotatable bonds is 30. The Balaban J connectivity index is 2.63. The van der Waals surface area contributed by atoms with Crippen LogP contribution in [-0.4, -0.2) is 37.7 Å². The fourth-order valence-corrected chi connectivity index (χ4v) is 5.46. The van der Waals surface area contributed by atoms with Gasteiger partial charge in [-0.15, -0.1) is 0 Å². The minimum atomic E-state index is -0.602. The van der Waals surface area contributed by atoms with Gasteiger partial charge in [0.05, 0.1) is 36.5 Å². The highest BCUT2D eigenvalue weighted by atomic mass is 16.5. The first-order valence-corrected chi connectivity index (χ1v) is 18.7. The van der Waals surface area contributed by atoms with Crippen LogP contribution < -0.4 is 0 Å². The molecule has 0 aromatic heterocycles. The topological polar surface area (TPSA) is 78.9 Å². The molecule has 0 heterocycles. The van der Waals surface area contributed by atoms with Crippen LogP contribution in [0.5, 0.6) is 0 Å². The lowest BCUT2D eigenvalue weighted by atomic mass is 10.0. The molecule has 0 spiro atoms. The minimum Gasteiger partial charge on any atom is -0.462 e. The molecule has 0 saturated carbocycles. The third-order valence-corrected chi connectivity index (χ3v) is 8.39. The molecular weight excluding hydrogens is 564 g/mol. The lowest BCUT2D eigenvalue weighted by Gasteiger charge is -2.12. The predicted octanol–water partition coefficient (Wildman–Crippen LogP) is 11.6. The Bertz CT molecular complexity index is 896. The molecule has 0 bridgehead atoms. The molecule has 0 saturated heterocycles. The third-order valence-electron chi connectivity index (χ3n) is 8.39. The first-order chi connectivity index (χ1) is 22.0. The quantitative estimate of drug-likeness (QED) is 0.0478. The molecule has 0 aliphatic carbocycles. The highest BCUT2D eigenvalue weighted by Gasteiger charge is 2.22. The Hall–Kier alpha value is -2.37. The van der Waals surface area contributed by atoms with E-state index in [1.165, 1.54) is 115 Å². The lowest BCUT2D eigenvalue weighted by Crippen LogP contribution is -2.17. The second kappa shape index (κ2) is 29.1. The molecule has 6 nitrogen and oxygen atoms in total. The van der Waals surface area contributed by atoms with E-state index >= 15 is 0 Å². The van der Waals surface area contributed by atoms with Gasteiger partial charge in [-0.2, -0.15) is 0 Å². The molecule has 0 amide bonds. The van der Waals surface area contributed by atoms with Crippen molar-refractivity contribution in [2.24, 2.45) is 0 Å². The van der Waals surface area contributed by atoms with Crippen LogP contribution in [0.1, 0.15) is 206 Å². The van der Waals surface area contributed by atoms with E-state index in [2.05, 4.69) is 20.8 Å². The zero-order valence-corrected chi connectivity index (χ0v) is 29.3. The van der Waals surface area contributed by atoms with Gasteiger partial charge in [0.1, 0.15) is 0 Å². The van der Waals surface area contributed by atoms with Crippen LogP contribution in [-0.2, 0) is 14.2 Å². The normalized spacial score (nSPS) is 11.0. The van der Waals surface area contributed by atoms with Gasteiger partial charge in [0, 0.05) is 0 Å². The number of carbonyl (C=O) groups excluding carboxylic acids is 3. The summed E-state index contributed by atoms with van der Waals surface area (Å²) in [6, 6.07) is 4.47. The standard InChI is InChI=1S/C39H66O6/c1-4-7-10-13-16-19-22-25-30-43-37(40)34-28-29-35(38(41)44-31-26-23-20-17-14-11-8-5-2)36(33-34)39(42)45-32-27-24-21-18-15-12-9-6-3/h28-29,33H,4-27,30-32H2,1-3H3. The Morgan fingerprint density at radius 2 is 0.711 bits per heavy atom. The molecule has 258 valence electrons. The van der Waals surface area contributed by atoms with Crippen molar-refractivity contribution in [3.8, 4) is 0 Å². The van der Waals surface area contributed by atoms with E-state index < -0.39 is 17.9 Å². The van der Waals surface area contributed by atoms with Gasteiger partial charge in [-0.1, -0.05) is 156 Å². The fourth-order valence-electron chi connectivity index (χ4n) is 5.46. The van der Waals surface area contributed by atoms with Crippen LogP contribution in [0.15, 0.2) is 18.2 Å². The smallest absolute Gasteiger partial charge is 0.339 e. The molecule has 0 aliphatic rings. The highest BCUT2D eigenvalue weighted by molar-refractivity contribution is 6.05. The van der Waals surface area contributed by atoms with Gasteiger partial charge in [0.2, 0.25) is 0 Å². The summed E-state index contributed by atoms with van der Waals surface area (Å²) < 4.78 is 16.6. The summed E-state index contributed by atoms with van der Waals surface area (Å²) in [4.78, 5) is 38.9. The van der Waals surface area contributed by atoms with E-state index in [-0.39, 0.29) is 23.3 Å². The Kier molecular flexibility index (Phi) is 26.3. The lowest BCUT2D eigenvalue weighted by molar-refractivity contribution is 0.0447. The van der Waals surface area contributed by atoms with Crippen LogP contribution in [0.3, 0.4) is 0 Å². The number of esters is 3. The SMILES string of the molecule is CCCCCCCCCCOC(=O)c1ccc(C(=O)OCCCCCCCCCC)c(C(=O)OCCCCCCCCCC)c1. The Morgan fingerprint density at radius 1 is 0.400 bits per heavy atom. The minimum absolute atomic E-state index is 0.0667. The zero-order valence-electron chi connectivity index (χ0n) is 29.3. The number of hydrogen-bond donors (Lipinski definition) is 0. The van der Waals surface area contributed by atoms with Crippen LogP contribution in [0.2, 0.25) is 0 Å². The predicted molar refractivity (Wildman–Crippen MR) is 185 cm³/mol. The number of benzene rings is 1. The molecule has 0 aliphatic heterocycles. The largest absolute Gasteiger partial charge is 0.462 e. The monoisotopic (exact) mass is 630 g/mol. The summed E-state index contributed by atoms with van der Waals surface area (Å²) in [5, 5.41) is 0. The number of hydrogen-bond acceptors (Lipinski definition) is 6. The van der Waals surface area contributed by atoms with Gasteiger partial charge < -0.3 is 14.2 Å². The Labute approximate surface area is 275 Å². The molecule has 0 unspecified atom stereocenters. The molecule has 0 fully saturated rings. The average molecular weight is 631 g/mol. The summed E-state index contributed by atoms with van der Waals surface area (Å²) in [6.07, 6.45) is 27.7. The number of unbranched alkanes of at least 4 members (excludes halogenated alkanes) is 21. The van der Waals surface area contributed by atoms with E-state index in [9.17, 15) is 14.4 Å². The van der Waals surface area contributed by atoms with Crippen molar-refractivity contribution in [1.82, 2.24) is 0 Å². The molecule has 1 aromatic rings. The first-order valence-electron chi connectivity index (χ1n) is 18.7. The van der Waals surface area contributed by atoms with Crippen molar-refractivity contribution in [2.75, 3.05) is 19.8 Å². The second-order valence-corrected chi connectivity index (χ2v) is 12.6. The molecule has 1 aromatic carbocycles. The van der Waals surface area contributed by atoms with Crippen molar-refractivity contribution in [3.63, 3.8) is 0 Å². The number of carbonyl (C=O) groups is 3. The zero-order chi connectivity index (χ0) is 32.8. The van der Waals surface area contributed by atoms with Crippen molar-refractivity contribution in [1.29, 1.82) is 0 Å². The van der Waals surface area contributed by atoms with E-state index in [4.69, 9.17) is 14.2 Å². The van der Waals surface area contributed by atoms with Crippen LogP contribution in [0, 0.1) is 0 Å². The summed E-state index contributed by atoms with van der Waals surface area (Å²) in [5.74, 6) is -1.65. The second-order valence-electron chi connectivity index (χ2n) is 12.6. The van der Waals surface area contributed by atoms with Gasteiger partial charge >= 0.3 is 17.9 Å². The van der Waals surface area contributed by atoms with Gasteiger partial charge in [-0.25, -0.2) is 14.4 Å². The average Bonchev–Trinajstić information content (AvgIpc) is 3.05. The molecule has 6 heteroatoms. The number of ether oxygens (including phenoxy) is 3. The van der Waals surface area contributed by atoms with Crippen molar-refractivity contribution in [2.45, 2.75) is 175 Å². The summed E-state index contributed by atoms with van der Waals surface area (Å²) in [5.41, 5.74) is 0.445. The van der Waals surface area contributed by atoms with E-state index in [1.54, 1.807) is 0 Å². The molecule has 0 atom stereocenters. The van der Waals surface area contributed by atoms with Crippen molar-refractivity contribution >= 4 is 17.9 Å². The van der Waals surface area contributed by atoms with Crippen molar-refractivity contribution < 1.29 is 28.6 Å². The maximum absolute atomic E-state index is 13.1. The maximum Gasteiger partial charge on any atom is 0.339 e. The summed E-state index contributed by atoms with van der Waals surface area (Å²) in [6.45, 7) is 7.59. The molecule has 0 radical (unpaired) electrons. The maximum atomic E-state index is 13.1. The summed E-state index contributed by atoms with van der Waals surface area (Å²) >= 11 is 0. The van der Waals surface area contributed by atoms with Crippen LogP contribution in [0.4, 0.5) is 0 Å². The van der Waals surface area contributed by atoms with Gasteiger partial charge in [0.15, 0.2) is 0 Å². The van der Waals surface area contributed by atoms with Gasteiger partial charge in [-0.05, 0) is 37.5 Å². The van der Waals surface area contributed by atoms with Crippen LogP contribution >= 0.6 is 0 Å². The molecule has 0 N–H and O–H groups in total.